The van der Waals surface area contributed by atoms with Gasteiger partial charge in [-0.05, 0) is 42.7 Å². The largest absolute Gasteiger partial charge is 0.354 e. The first-order valence-electron chi connectivity index (χ1n) is 8.73. The number of nitrogens with zero attached hydrogens (tertiary/aromatic N) is 1. The molecular weight excluding hydrogens is 349 g/mol. The number of aromatic amines is 1. The van der Waals surface area contributed by atoms with Crippen molar-refractivity contribution in [3.63, 3.8) is 0 Å². The number of para-hydroxylation sites is 1. The third-order valence-corrected chi connectivity index (χ3v) is 5.13. The fourth-order valence-electron chi connectivity index (χ4n) is 3.33. The number of rotatable bonds is 5. The number of aromatic nitrogens is 2. The fourth-order valence-corrected chi connectivity index (χ4v) is 3.33. The van der Waals surface area contributed by atoms with Crippen LogP contribution in [0.3, 0.4) is 0 Å². The maximum Gasteiger partial charge on any atom is 0.329 e. The number of carbonyl (C=O) groups is 1. The van der Waals surface area contributed by atoms with Gasteiger partial charge in [-0.1, -0.05) is 24.3 Å². The number of amides is 1. The van der Waals surface area contributed by atoms with Gasteiger partial charge in [0.05, 0.1) is 10.9 Å². The molecule has 1 saturated carbocycles. The van der Waals surface area contributed by atoms with Crippen molar-refractivity contribution in [2.24, 2.45) is 0 Å². The van der Waals surface area contributed by atoms with Gasteiger partial charge in [0, 0.05) is 12.0 Å². The van der Waals surface area contributed by atoms with Gasteiger partial charge in [-0.25, -0.2) is 9.18 Å². The van der Waals surface area contributed by atoms with E-state index in [2.05, 4.69) is 10.3 Å². The molecule has 27 heavy (non-hydrogen) atoms. The van der Waals surface area contributed by atoms with Crippen molar-refractivity contribution in [2.75, 3.05) is 6.54 Å². The summed E-state index contributed by atoms with van der Waals surface area (Å²) in [6.07, 6.45) is 1.80. The van der Waals surface area contributed by atoms with Crippen LogP contribution in [0.15, 0.2) is 58.1 Å². The number of fused-ring (bicyclic) bond motifs is 1. The van der Waals surface area contributed by atoms with Crippen molar-refractivity contribution in [2.45, 2.75) is 24.8 Å². The van der Waals surface area contributed by atoms with Crippen molar-refractivity contribution in [1.82, 2.24) is 14.9 Å². The number of hydrogen-bond acceptors (Lipinski definition) is 3. The van der Waals surface area contributed by atoms with Crippen molar-refractivity contribution in [3.8, 4) is 0 Å². The molecule has 0 saturated heterocycles. The number of H-pyrrole nitrogens is 1. The summed E-state index contributed by atoms with van der Waals surface area (Å²) in [5.41, 5.74) is 0.115. The van der Waals surface area contributed by atoms with Crippen molar-refractivity contribution < 1.29 is 9.18 Å². The number of hydrogen-bond donors (Lipinski definition) is 2. The minimum Gasteiger partial charge on any atom is -0.354 e. The van der Waals surface area contributed by atoms with Gasteiger partial charge in [0.15, 0.2) is 0 Å². The second kappa shape index (κ2) is 6.50. The van der Waals surface area contributed by atoms with Crippen LogP contribution in [0.5, 0.6) is 0 Å². The Labute approximate surface area is 153 Å². The SMILES string of the molecule is O=C(Cn1c(=O)[nH]c2ccccc2c1=O)NCC1(c2ccc(F)cc2)CC1. The van der Waals surface area contributed by atoms with E-state index in [1.807, 2.05) is 0 Å². The van der Waals surface area contributed by atoms with E-state index in [1.54, 1.807) is 36.4 Å². The Bertz CT molecular complexity index is 1130. The molecule has 1 aliphatic carbocycles. The highest BCUT2D eigenvalue weighted by Crippen LogP contribution is 2.47. The van der Waals surface area contributed by atoms with Crippen LogP contribution in [0.4, 0.5) is 4.39 Å². The number of benzene rings is 2. The third kappa shape index (κ3) is 3.28. The molecule has 4 rings (SSSR count). The van der Waals surface area contributed by atoms with E-state index in [0.29, 0.717) is 17.4 Å². The predicted octanol–water partition coefficient (Wildman–Crippen LogP) is 1.68. The molecule has 1 amide bonds. The molecule has 138 valence electrons. The van der Waals surface area contributed by atoms with E-state index >= 15 is 0 Å². The lowest BCUT2D eigenvalue weighted by Crippen LogP contribution is -2.42. The number of nitrogens with one attached hydrogen (secondary N) is 2. The second-order valence-corrected chi connectivity index (χ2v) is 6.93. The van der Waals surface area contributed by atoms with Gasteiger partial charge in [-0.3, -0.25) is 14.2 Å². The maximum absolute atomic E-state index is 13.1. The fraction of sp³-hybridized carbons (Fsp3) is 0.250. The quantitative estimate of drug-likeness (QED) is 0.720. The third-order valence-electron chi connectivity index (χ3n) is 5.13. The second-order valence-electron chi connectivity index (χ2n) is 6.93. The van der Waals surface area contributed by atoms with Crippen LogP contribution in [-0.4, -0.2) is 22.0 Å². The Hall–Kier alpha value is -3.22. The molecule has 3 aromatic rings. The van der Waals surface area contributed by atoms with Crippen molar-refractivity contribution >= 4 is 16.8 Å². The zero-order valence-electron chi connectivity index (χ0n) is 14.5. The summed E-state index contributed by atoms with van der Waals surface area (Å²) in [6, 6.07) is 12.9. The van der Waals surface area contributed by atoms with Crippen LogP contribution in [0, 0.1) is 5.82 Å². The van der Waals surface area contributed by atoms with Crippen LogP contribution in [0.25, 0.3) is 10.9 Å². The average Bonchev–Trinajstić information content (AvgIpc) is 3.45. The Morgan fingerprint density at radius 1 is 1.11 bits per heavy atom. The monoisotopic (exact) mass is 367 g/mol. The average molecular weight is 367 g/mol. The molecule has 7 heteroatoms. The summed E-state index contributed by atoms with van der Waals surface area (Å²) in [4.78, 5) is 39.6. The van der Waals surface area contributed by atoms with Crippen molar-refractivity contribution in [3.05, 3.63) is 80.7 Å². The molecule has 0 bridgehead atoms. The topological polar surface area (TPSA) is 84.0 Å². The van der Waals surface area contributed by atoms with Crippen LogP contribution in [0.2, 0.25) is 0 Å². The molecule has 2 aromatic carbocycles. The molecule has 0 unspecified atom stereocenters. The Morgan fingerprint density at radius 2 is 1.81 bits per heavy atom. The summed E-state index contributed by atoms with van der Waals surface area (Å²) < 4.78 is 14.0. The normalized spacial score (nSPS) is 14.9. The first kappa shape index (κ1) is 17.2. The maximum atomic E-state index is 13.1. The summed E-state index contributed by atoms with van der Waals surface area (Å²) in [5.74, 6) is -0.709. The van der Waals surface area contributed by atoms with Gasteiger partial charge in [0.2, 0.25) is 5.91 Å². The number of carbonyl (C=O) groups excluding carboxylic acids is 1. The zero-order chi connectivity index (χ0) is 19.0. The van der Waals surface area contributed by atoms with E-state index in [1.165, 1.54) is 12.1 Å². The standard InChI is InChI=1S/C20H18FN3O3/c21-14-7-5-13(6-8-14)20(9-10-20)12-22-17(25)11-24-18(26)15-3-1-2-4-16(15)23-19(24)27/h1-8H,9-12H2,(H,22,25)(H,23,27). The highest BCUT2D eigenvalue weighted by Gasteiger charge is 2.44. The van der Waals surface area contributed by atoms with E-state index in [4.69, 9.17) is 0 Å². The molecule has 1 aromatic heterocycles. The first-order valence-corrected chi connectivity index (χ1v) is 8.73. The van der Waals surface area contributed by atoms with Crippen molar-refractivity contribution in [1.29, 1.82) is 0 Å². The summed E-state index contributed by atoms with van der Waals surface area (Å²) >= 11 is 0. The molecule has 2 N–H and O–H groups in total. The van der Waals surface area contributed by atoms with Crippen LogP contribution < -0.4 is 16.6 Å². The molecule has 1 fully saturated rings. The minimum atomic E-state index is -0.617. The lowest BCUT2D eigenvalue weighted by Gasteiger charge is -2.17. The molecule has 0 spiro atoms. The predicted molar refractivity (Wildman–Crippen MR) is 99.2 cm³/mol. The van der Waals surface area contributed by atoms with Gasteiger partial charge < -0.3 is 10.3 Å². The van der Waals surface area contributed by atoms with E-state index in [0.717, 1.165) is 23.0 Å². The van der Waals surface area contributed by atoms with Gasteiger partial charge in [-0.15, -0.1) is 0 Å². The van der Waals surface area contributed by atoms with Crippen LogP contribution >= 0.6 is 0 Å². The van der Waals surface area contributed by atoms with Gasteiger partial charge in [0.1, 0.15) is 12.4 Å². The van der Waals surface area contributed by atoms with Gasteiger partial charge >= 0.3 is 5.69 Å². The molecule has 0 radical (unpaired) electrons. The van der Waals surface area contributed by atoms with Gasteiger partial charge in [-0.2, -0.15) is 0 Å². The highest BCUT2D eigenvalue weighted by molar-refractivity contribution is 5.79. The van der Waals surface area contributed by atoms with Crippen LogP contribution in [0.1, 0.15) is 18.4 Å². The lowest BCUT2D eigenvalue weighted by atomic mass is 9.96. The molecular formula is C20H18FN3O3. The van der Waals surface area contributed by atoms with E-state index in [9.17, 15) is 18.8 Å². The van der Waals surface area contributed by atoms with E-state index < -0.39 is 17.2 Å². The van der Waals surface area contributed by atoms with Gasteiger partial charge in [0.25, 0.3) is 5.56 Å². The first-order chi connectivity index (χ1) is 13.0. The summed E-state index contributed by atoms with van der Waals surface area (Å²) in [6.45, 7) is 0.0379. The molecule has 1 aliphatic rings. The Balaban J connectivity index is 1.49. The minimum absolute atomic E-state index is 0.190. The Kier molecular flexibility index (Phi) is 4.14. The lowest BCUT2D eigenvalue weighted by molar-refractivity contribution is -0.121. The zero-order valence-corrected chi connectivity index (χ0v) is 14.5. The number of halogens is 1. The summed E-state index contributed by atoms with van der Waals surface area (Å²) in [7, 11) is 0. The van der Waals surface area contributed by atoms with Crippen LogP contribution in [-0.2, 0) is 16.8 Å². The summed E-state index contributed by atoms with van der Waals surface area (Å²) in [5, 5.41) is 3.16. The molecule has 1 heterocycles. The molecule has 0 aliphatic heterocycles. The molecule has 0 atom stereocenters. The Morgan fingerprint density at radius 3 is 2.52 bits per heavy atom. The smallest absolute Gasteiger partial charge is 0.329 e. The van der Waals surface area contributed by atoms with E-state index in [-0.39, 0.29) is 17.8 Å². The molecule has 6 nitrogen and oxygen atoms in total. The highest BCUT2D eigenvalue weighted by atomic mass is 19.1.